The molecule has 7 heteroatoms. The highest BCUT2D eigenvalue weighted by atomic mass is 32.1. The topological polar surface area (TPSA) is 82.5 Å². The van der Waals surface area contributed by atoms with Gasteiger partial charge in [0.05, 0.1) is 16.1 Å². The number of aromatic nitrogens is 1. The van der Waals surface area contributed by atoms with Gasteiger partial charge in [0.2, 0.25) is 0 Å². The van der Waals surface area contributed by atoms with E-state index in [2.05, 4.69) is 34.6 Å². The van der Waals surface area contributed by atoms with Crippen molar-refractivity contribution < 1.29 is 14.7 Å². The molecule has 0 aliphatic heterocycles. The van der Waals surface area contributed by atoms with Crippen LogP contribution in [-0.2, 0) is 4.79 Å². The molecule has 34 heavy (non-hydrogen) atoms. The maximum atomic E-state index is 13.2. The second-order valence-corrected chi connectivity index (χ2v) is 9.30. The van der Waals surface area contributed by atoms with Crippen LogP contribution in [0.4, 0.5) is 9.93 Å². The van der Waals surface area contributed by atoms with E-state index in [9.17, 15) is 14.7 Å². The first-order valence-corrected chi connectivity index (χ1v) is 12.1. The predicted octanol–water partition coefficient (Wildman–Crippen LogP) is 6.07. The fourth-order valence-electron chi connectivity index (χ4n) is 3.96. The summed E-state index contributed by atoms with van der Waals surface area (Å²) in [7, 11) is 0. The van der Waals surface area contributed by atoms with Gasteiger partial charge in [0.1, 0.15) is 0 Å². The Morgan fingerprint density at radius 1 is 0.941 bits per heavy atom. The molecule has 0 aliphatic carbocycles. The second-order valence-electron chi connectivity index (χ2n) is 8.26. The Morgan fingerprint density at radius 3 is 2.12 bits per heavy atom. The van der Waals surface area contributed by atoms with Gasteiger partial charge in [0, 0.05) is 19.0 Å². The maximum Gasteiger partial charge on any atom is 0.323 e. The number of hydrogen-bond donors (Lipinski definition) is 2. The van der Waals surface area contributed by atoms with Gasteiger partial charge >= 0.3 is 12.0 Å². The van der Waals surface area contributed by atoms with E-state index in [0.717, 1.165) is 21.3 Å². The van der Waals surface area contributed by atoms with E-state index in [1.54, 1.807) is 11.8 Å². The molecule has 6 nitrogen and oxygen atoms in total. The number of carboxylic acid groups (broad SMARTS) is 1. The zero-order chi connectivity index (χ0) is 23.9. The van der Waals surface area contributed by atoms with Gasteiger partial charge in [0.25, 0.3) is 0 Å². The Hall–Kier alpha value is -3.71. The monoisotopic (exact) mass is 473 g/mol. The van der Waals surface area contributed by atoms with Crippen LogP contribution in [0.2, 0.25) is 0 Å². The third-order valence-corrected chi connectivity index (χ3v) is 6.75. The van der Waals surface area contributed by atoms with Gasteiger partial charge in [-0.3, -0.25) is 10.1 Å². The zero-order valence-electron chi connectivity index (χ0n) is 18.9. The molecule has 0 fully saturated rings. The van der Waals surface area contributed by atoms with Crippen LogP contribution in [0, 0.1) is 5.92 Å². The number of nitrogens with one attached hydrogen (secondary N) is 1. The number of fused-ring (bicyclic) bond motifs is 1. The number of thiazole rings is 1. The van der Waals surface area contributed by atoms with Crippen LogP contribution < -0.4 is 5.32 Å². The van der Waals surface area contributed by atoms with E-state index in [-0.39, 0.29) is 18.5 Å². The van der Waals surface area contributed by atoms with Crippen molar-refractivity contribution in [3.8, 4) is 0 Å². The number of rotatable bonds is 9. The smallest absolute Gasteiger partial charge is 0.323 e. The van der Waals surface area contributed by atoms with Crippen LogP contribution >= 0.6 is 11.3 Å². The molecule has 2 amide bonds. The number of carbonyl (C=O) groups is 2. The lowest BCUT2D eigenvalue weighted by atomic mass is 9.88. The summed E-state index contributed by atoms with van der Waals surface area (Å²) in [6, 6.07) is 27.7. The Morgan fingerprint density at radius 2 is 1.53 bits per heavy atom. The van der Waals surface area contributed by atoms with Gasteiger partial charge in [-0.25, -0.2) is 9.78 Å². The summed E-state index contributed by atoms with van der Waals surface area (Å²) in [5, 5.41) is 12.8. The maximum absolute atomic E-state index is 13.2. The average Bonchev–Trinajstić information content (AvgIpc) is 3.26. The average molecular weight is 474 g/mol. The molecule has 4 aromatic rings. The molecule has 4 rings (SSSR count). The molecule has 0 bridgehead atoms. The minimum atomic E-state index is -0.930. The Labute approximate surface area is 202 Å². The number of nitrogens with zero attached hydrogens (tertiary/aromatic N) is 2. The molecule has 0 saturated heterocycles. The number of para-hydroxylation sites is 1. The molecule has 0 aliphatic rings. The van der Waals surface area contributed by atoms with Crippen molar-refractivity contribution in [3.05, 3.63) is 96.1 Å². The number of amides is 2. The SMILES string of the molecule is CC(CN(CCC(c1ccccc1)c1ccccc1)C(=O)Nc1nc2ccccc2s1)C(=O)O. The fraction of sp³-hybridized carbons (Fsp3) is 0.222. The van der Waals surface area contributed by atoms with E-state index in [0.29, 0.717) is 18.1 Å². The molecular formula is C27H27N3O3S. The molecule has 2 N–H and O–H groups in total. The van der Waals surface area contributed by atoms with Gasteiger partial charge in [-0.2, -0.15) is 0 Å². The lowest BCUT2D eigenvalue weighted by Crippen LogP contribution is -2.40. The zero-order valence-corrected chi connectivity index (χ0v) is 19.7. The molecular weight excluding hydrogens is 446 g/mol. The van der Waals surface area contributed by atoms with Gasteiger partial charge < -0.3 is 10.0 Å². The molecule has 0 radical (unpaired) electrons. The summed E-state index contributed by atoms with van der Waals surface area (Å²) in [5.41, 5.74) is 3.14. The van der Waals surface area contributed by atoms with Crippen molar-refractivity contribution in [1.29, 1.82) is 0 Å². The molecule has 1 atom stereocenters. The molecule has 174 valence electrons. The number of carbonyl (C=O) groups excluding carboxylic acids is 1. The second kappa shape index (κ2) is 10.9. The van der Waals surface area contributed by atoms with Crippen molar-refractivity contribution in [2.24, 2.45) is 5.92 Å². The molecule has 3 aromatic carbocycles. The van der Waals surface area contributed by atoms with Crippen molar-refractivity contribution in [2.75, 3.05) is 18.4 Å². The third kappa shape index (κ3) is 5.80. The molecule has 0 spiro atoms. The summed E-state index contributed by atoms with van der Waals surface area (Å²) in [4.78, 5) is 30.8. The third-order valence-electron chi connectivity index (χ3n) is 5.80. The van der Waals surface area contributed by atoms with E-state index in [1.165, 1.54) is 11.3 Å². The van der Waals surface area contributed by atoms with Gasteiger partial charge in [-0.05, 0) is 29.7 Å². The van der Waals surface area contributed by atoms with Crippen LogP contribution in [0.1, 0.15) is 30.4 Å². The summed E-state index contributed by atoms with van der Waals surface area (Å²) in [6.45, 7) is 2.14. The van der Waals surface area contributed by atoms with E-state index in [1.807, 2.05) is 60.7 Å². The summed E-state index contributed by atoms with van der Waals surface area (Å²) in [6.07, 6.45) is 0.660. The van der Waals surface area contributed by atoms with Crippen LogP contribution in [0.15, 0.2) is 84.9 Å². The van der Waals surface area contributed by atoms with Gasteiger partial charge in [0.15, 0.2) is 5.13 Å². The van der Waals surface area contributed by atoms with Crippen molar-refractivity contribution >= 4 is 38.7 Å². The first-order chi connectivity index (χ1) is 16.5. The van der Waals surface area contributed by atoms with Crippen molar-refractivity contribution in [1.82, 2.24) is 9.88 Å². The fourth-order valence-corrected chi connectivity index (χ4v) is 4.82. The minimum Gasteiger partial charge on any atom is -0.481 e. The van der Waals surface area contributed by atoms with E-state index >= 15 is 0 Å². The highest BCUT2D eigenvalue weighted by Crippen LogP contribution is 2.29. The Bertz CT molecular complexity index is 1170. The lowest BCUT2D eigenvalue weighted by Gasteiger charge is -2.27. The van der Waals surface area contributed by atoms with Crippen LogP contribution in [0.5, 0.6) is 0 Å². The minimum absolute atomic E-state index is 0.0836. The highest BCUT2D eigenvalue weighted by molar-refractivity contribution is 7.22. The standard InChI is InChI=1S/C27H27N3O3S/c1-19(25(31)32)18-30(27(33)29-26-28-23-14-8-9-15-24(23)34-26)17-16-22(20-10-4-2-5-11-20)21-12-6-3-7-13-21/h2-15,19,22H,16-18H2,1H3,(H,31,32)(H,28,29,33). The number of urea groups is 1. The number of hydrogen-bond acceptors (Lipinski definition) is 4. The van der Waals surface area contributed by atoms with Crippen molar-refractivity contribution in [3.63, 3.8) is 0 Å². The van der Waals surface area contributed by atoms with Crippen LogP contribution in [0.3, 0.4) is 0 Å². The Kier molecular flexibility index (Phi) is 7.54. The predicted molar refractivity (Wildman–Crippen MR) is 136 cm³/mol. The van der Waals surface area contributed by atoms with Crippen LogP contribution in [-0.4, -0.2) is 40.1 Å². The normalized spacial score (nSPS) is 11.9. The Balaban J connectivity index is 1.54. The van der Waals surface area contributed by atoms with E-state index in [4.69, 9.17) is 0 Å². The summed E-state index contributed by atoms with van der Waals surface area (Å²) in [5.74, 6) is -1.53. The first kappa shape index (κ1) is 23.4. The molecule has 1 aromatic heterocycles. The first-order valence-electron chi connectivity index (χ1n) is 11.3. The number of anilines is 1. The quantitative estimate of drug-likeness (QED) is 0.309. The highest BCUT2D eigenvalue weighted by Gasteiger charge is 2.24. The largest absolute Gasteiger partial charge is 0.481 e. The molecule has 0 saturated carbocycles. The lowest BCUT2D eigenvalue weighted by molar-refractivity contribution is -0.141. The van der Waals surface area contributed by atoms with Gasteiger partial charge in [-0.15, -0.1) is 0 Å². The van der Waals surface area contributed by atoms with E-state index < -0.39 is 11.9 Å². The number of aliphatic carboxylic acids is 1. The summed E-state index contributed by atoms with van der Waals surface area (Å²) >= 11 is 1.40. The molecule has 1 unspecified atom stereocenters. The van der Waals surface area contributed by atoms with Crippen LogP contribution in [0.25, 0.3) is 10.2 Å². The number of carboxylic acids is 1. The van der Waals surface area contributed by atoms with Gasteiger partial charge in [-0.1, -0.05) is 91.1 Å². The van der Waals surface area contributed by atoms with Crippen molar-refractivity contribution in [2.45, 2.75) is 19.3 Å². The molecule has 1 heterocycles. The summed E-state index contributed by atoms with van der Waals surface area (Å²) < 4.78 is 0.983. The number of benzene rings is 3.